The molecule has 0 aliphatic heterocycles. The largest absolute Gasteiger partial charge is 0.466 e. The molecule has 2 heterocycles. The van der Waals surface area contributed by atoms with Gasteiger partial charge in [-0.3, -0.25) is 4.79 Å². The Labute approximate surface area is 142 Å². The number of nitrogens with one attached hydrogen (secondary N) is 1. The van der Waals surface area contributed by atoms with Crippen LogP contribution in [0.15, 0.2) is 59.2 Å². The Kier molecular flexibility index (Phi) is 4.81. The van der Waals surface area contributed by atoms with E-state index in [2.05, 4.69) is 5.32 Å². The van der Waals surface area contributed by atoms with E-state index < -0.39 is 6.10 Å². The van der Waals surface area contributed by atoms with E-state index >= 15 is 0 Å². The molecule has 1 aromatic carbocycles. The van der Waals surface area contributed by atoms with Gasteiger partial charge in [0.05, 0.1) is 12.8 Å². The number of carbonyl (C=O) groups excluding carboxylic acids is 1. The van der Waals surface area contributed by atoms with Gasteiger partial charge in [0.15, 0.2) is 0 Å². The van der Waals surface area contributed by atoms with Crippen LogP contribution in [0.3, 0.4) is 0 Å². The first-order valence-corrected chi connectivity index (χ1v) is 8.17. The number of aliphatic hydroxyl groups excluding tert-OH is 1. The van der Waals surface area contributed by atoms with Crippen molar-refractivity contribution in [3.63, 3.8) is 0 Å². The quantitative estimate of drug-likeness (QED) is 0.733. The highest BCUT2D eigenvalue weighted by atomic mass is 35.5. The van der Waals surface area contributed by atoms with E-state index in [4.69, 9.17) is 16.0 Å². The molecule has 6 heteroatoms. The topological polar surface area (TPSA) is 62.5 Å². The maximum Gasteiger partial charge on any atom is 0.251 e. The van der Waals surface area contributed by atoms with Crippen molar-refractivity contribution in [1.82, 2.24) is 5.32 Å². The second-order valence-electron chi connectivity index (χ2n) is 4.92. The van der Waals surface area contributed by atoms with Gasteiger partial charge < -0.3 is 14.8 Å². The highest BCUT2D eigenvalue weighted by molar-refractivity contribution is 7.12. The second kappa shape index (κ2) is 7.00. The molecule has 2 N–H and O–H groups in total. The molecule has 118 valence electrons. The van der Waals surface area contributed by atoms with Crippen molar-refractivity contribution in [2.75, 3.05) is 0 Å². The summed E-state index contributed by atoms with van der Waals surface area (Å²) in [6.45, 7) is 0.390. The molecule has 0 saturated carbocycles. The van der Waals surface area contributed by atoms with Crippen LogP contribution in [0.4, 0.5) is 0 Å². The number of thiophene rings is 1. The third kappa shape index (κ3) is 3.82. The Hall–Kier alpha value is -2.08. The average molecular weight is 348 g/mol. The molecule has 0 spiro atoms. The van der Waals surface area contributed by atoms with Gasteiger partial charge in [-0.15, -0.1) is 11.3 Å². The van der Waals surface area contributed by atoms with Gasteiger partial charge in [0.2, 0.25) is 0 Å². The Morgan fingerprint density at radius 2 is 2.13 bits per heavy atom. The molecule has 0 fully saturated rings. The Balaban J connectivity index is 1.62. The predicted molar refractivity (Wildman–Crippen MR) is 89.7 cm³/mol. The van der Waals surface area contributed by atoms with Gasteiger partial charge in [-0.25, -0.2) is 0 Å². The lowest BCUT2D eigenvalue weighted by Gasteiger charge is -2.05. The third-order valence-electron chi connectivity index (χ3n) is 3.27. The first-order valence-electron chi connectivity index (χ1n) is 6.97. The molecule has 0 bridgehead atoms. The summed E-state index contributed by atoms with van der Waals surface area (Å²) in [5, 5.41) is 13.6. The number of aliphatic hydroxyl groups is 1. The zero-order valence-electron chi connectivity index (χ0n) is 12.0. The molecule has 4 nitrogen and oxygen atoms in total. The minimum absolute atomic E-state index is 0.186. The van der Waals surface area contributed by atoms with E-state index in [0.29, 0.717) is 22.9 Å². The molecule has 0 aliphatic rings. The fraction of sp³-hybridized carbons (Fsp3) is 0.118. The van der Waals surface area contributed by atoms with E-state index in [-0.39, 0.29) is 5.91 Å². The smallest absolute Gasteiger partial charge is 0.251 e. The Morgan fingerprint density at radius 1 is 1.26 bits per heavy atom. The van der Waals surface area contributed by atoms with Crippen LogP contribution < -0.4 is 5.32 Å². The van der Waals surface area contributed by atoms with E-state index in [1.165, 1.54) is 17.6 Å². The SMILES string of the molecule is O=C(NCc1ccc(C(O)c2ccco2)s1)c1cccc(Cl)c1. The first-order chi connectivity index (χ1) is 11.1. The summed E-state index contributed by atoms with van der Waals surface area (Å²) in [6.07, 6.45) is 0.741. The number of benzene rings is 1. The fourth-order valence-electron chi connectivity index (χ4n) is 2.12. The number of hydrogen-bond acceptors (Lipinski definition) is 4. The van der Waals surface area contributed by atoms with Crippen molar-refractivity contribution in [2.24, 2.45) is 0 Å². The summed E-state index contributed by atoms with van der Waals surface area (Å²) >= 11 is 7.31. The molecule has 0 radical (unpaired) electrons. The number of rotatable bonds is 5. The summed E-state index contributed by atoms with van der Waals surface area (Å²) in [6, 6.07) is 14.0. The van der Waals surface area contributed by atoms with Crippen molar-refractivity contribution in [3.8, 4) is 0 Å². The van der Waals surface area contributed by atoms with Crippen LogP contribution in [0.25, 0.3) is 0 Å². The van der Waals surface area contributed by atoms with Gasteiger partial charge in [-0.2, -0.15) is 0 Å². The van der Waals surface area contributed by atoms with E-state index in [1.807, 2.05) is 12.1 Å². The third-order valence-corrected chi connectivity index (χ3v) is 4.65. The molecule has 3 aromatic rings. The van der Waals surface area contributed by atoms with E-state index in [9.17, 15) is 9.90 Å². The zero-order chi connectivity index (χ0) is 16.2. The van der Waals surface area contributed by atoms with Crippen LogP contribution >= 0.6 is 22.9 Å². The molecule has 1 unspecified atom stereocenters. The lowest BCUT2D eigenvalue weighted by Crippen LogP contribution is -2.22. The lowest BCUT2D eigenvalue weighted by molar-refractivity contribution is 0.0951. The summed E-state index contributed by atoms with van der Waals surface area (Å²) in [7, 11) is 0. The van der Waals surface area contributed by atoms with Gasteiger partial charge in [-0.1, -0.05) is 17.7 Å². The second-order valence-corrected chi connectivity index (χ2v) is 6.55. The Bertz CT molecular complexity index is 798. The van der Waals surface area contributed by atoms with Crippen molar-refractivity contribution in [3.05, 3.63) is 80.9 Å². The van der Waals surface area contributed by atoms with Crippen molar-refractivity contribution < 1.29 is 14.3 Å². The minimum Gasteiger partial charge on any atom is -0.466 e. The molecular formula is C17H14ClNO3S. The highest BCUT2D eigenvalue weighted by Crippen LogP contribution is 2.28. The van der Waals surface area contributed by atoms with Gasteiger partial charge in [-0.05, 0) is 42.5 Å². The molecule has 1 atom stereocenters. The number of carbonyl (C=O) groups is 1. The molecule has 0 aliphatic carbocycles. The summed E-state index contributed by atoms with van der Waals surface area (Å²) in [4.78, 5) is 13.8. The number of furan rings is 1. The van der Waals surface area contributed by atoms with Crippen LogP contribution in [0.2, 0.25) is 5.02 Å². The van der Waals surface area contributed by atoms with Gasteiger partial charge in [0.25, 0.3) is 5.91 Å². The normalized spacial score (nSPS) is 12.1. The minimum atomic E-state index is -0.785. The monoisotopic (exact) mass is 347 g/mol. The maximum atomic E-state index is 12.1. The van der Waals surface area contributed by atoms with Gasteiger partial charge in [0.1, 0.15) is 11.9 Å². The standard InChI is InChI=1S/C17H14ClNO3S/c18-12-4-1-3-11(9-12)17(21)19-10-13-6-7-15(23-13)16(20)14-5-2-8-22-14/h1-9,16,20H,10H2,(H,19,21). The van der Waals surface area contributed by atoms with Crippen molar-refractivity contribution in [1.29, 1.82) is 0 Å². The maximum absolute atomic E-state index is 12.1. The van der Waals surface area contributed by atoms with Crippen LogP contribution in [0.5, 0.6) is 0 Å². The average Bonchev–Trinajstić information content (AvgIpc) is 3.23. The van der Waals surface area contributed by atoms with E-state index in [1.54, 1.807) is 36.4 Å². The van der Waals surface area contributed by atoms with Crippen LogP contribution in [0.1, 0.15) is 32.0 Å². The van der Waals surface area contributed by atoms with Crippen LogP contribution in [0, 0.1) is 0 Å². The summed E-state index contributed by atoms with van der Waals surface area (Å²) in [5.74, 6) is 0.315. The van der Waals surface area contributed by atoms with Crippen LogP contribution in [-0.2, 0) is 6.54 Å². The molecule has 23 heavy (non-hydrogen) atoms. The molecule has 1 amide bonds. The molecule has 2 aromatic heterocycles. The lowest BCUT2D eigenvalue weighted by atomic mass is 10.2. The number of hydrogen-bond donors (Lipinski definition) is 2. The van der Waals surface area contributed by atoms with Gasteiger partial charge in [0, 0.05) is 20.3 Å². The molecule has 3 rings (SSSR count). The first kappa shape index (κ1) is 15.8. The molecular weight excluding hydrogens is 334 g/mol. The van der Waals surface area contributed by atoms with Gasteiger partial charge >= 0.3 is 0 Å². The zero-order valence-corrected chi connectivity index (χ0v) is 13.6. The summed E-state index contributed by atoms with van der Waals surface area (Å²) < 4.78 is 5.20. The van der Waals surface area contributed by atoms with Crippen molar-refractivity contribution >= 4 is 28.8 Å². The Morgan fingerprint density at radius 3 is 2.87 bits per heavy atom. The number of amides is 1. The fourth-order valence-corrected chi connectivity index (χ4v) is 3.26. The highest BCUT2D eigenvalue weighted by Gasteiger charge is 2.15. The predicted octanol–water partition coefficient (Wildman–Crippen LogP) is 4.01. The molecule has 0 saturated heterocycles. The summed E-state index contributed by atoms with van der Waals surface area (Å²) in [5.41, 5.74) is 0.518. The number of halogens is 1. The van der Waals surface area contributed by atoms with Crippen LogP contribution in [-0.4, -0.2) is 11.0 Å². The van der Waals surface area contributed by atoms with Crippen molar-refractivity contribution in [2.45, 2.75) is 12.6 Å². The van der Waals surface area contributed by atoms with E-state index in [0.717, 1.165) is 9.75 Å².